The molecule has 0 heterocycles. The molecule has 1 aromatic carbocycles. The molecule has 0 spiro atoms. The van der Waals surface area contributed by atoms with Gasteiger partial charge < -0.3 is 5.32 Å². The number of rotatable bonds is 4. The number of hydrogen-bond donors (Lipinski definition) is 2. The average molecular weight is 241 g/mol. The minimum Gasteiger partial charge on any atom is -0.358 e. The van der Waals surface area contributed by atoms with Gasteiger partial charge in [0.25, 0.3) is 0 Å². The van der Waals surface area contributed by atoms with Crippen molar-refractivity contribution in [3.05, 3.63) is 34.9 Å². The van der Waals surface area contributed by atoms with Crippen molar-refractivity contribution >= 4 is 17.5 Å². The van der Waals surface area contributed by atoms with Crippen molar-refractivity contribution in [2.45, 2.75) is 25.9 Å². The third-order valence-corrected chi connectivity index (χ3v) is 2.76. The lowest BCUT2D eigenvalue weighted by Gasteiger charge is -2.19. The molecule has 1 rings (SSSR count). The maximum atomic E-state index is 11.3. The molecule has 16 heavy (non-hydrogen) atoms. The summed E-state index contributed by atoms with van der Waals surface area (Å²) >= 11 is 5.81. The Morgan fingerprint density at radius 3 is 2.31 bits per heavy atom. The summed E-state index contributed by atoms with van der Waals surface area (Å²) in [4.78, 5) is 11.3. The molecule has 0 aliphatic rings. The molecular weight excluding hydrogens is 224 g/mol. The van der Waals surface area contributed by atoms with E-state index in [0.717, 1.165) is 10.6 Å². The molecule has 1 amide bonds. The molecule has 0 saturated carbocycles. The van der Waals surface area contributed by atoms with Crippen molar-refractivity contribution in [1.82, 2.24) is 10.6 Å². The number of halogens is 1. The van der Waals surface area contributed by atoms with Crippen LogP contribution in [0.3, 0.4) is 0 Å². The lowest BCUT2D eigenvalue weighted by atomic mass is 10.1. The fourth-order valence-corrected chi connectivity index (χ4v) is 1.64. The Labute approximate surface area is 101 Å². The van der Waals surface area contributed by atoms with Crippen LogP contribution in [0.25, 0.3) is 0 Å². The molecular formula is C12H17ClN2O. The zero-order valence-electron chi connectivity index (χ0n) is 9.75. The maximum Gasteiger partial charge on any atom is 0.236 e. The van der Waals surface area contributed by atoms with Gasteiger partial charge in [-0.3, -0.25) is 10.1 Å². The third-order valence-electron chi connectivity index (χ3n) is 2.51. The first-order chi connectivity index (χ1) is 7.54. The van der Waals surface area contributed by atoms with Crippen LogP contribution < -0.4 is 10.6 Å². The van der Waals surface area contributed by atoms with E-state index in [1.165, 1.54) is 0 Å². The van der Waals surface area contributed by atoms with Gasteiger partial charge in [0.2, 0.25) is 5.91 Å². The summed E-state index contributed by atoms with van der Waals surface area (Å²) in [6, 6.07) is 7.51. The van der Waals surface area contributed by atoms with E-state index >= 15 is 0 Å². The van der Waals surface area contributed by atoms with E-state index < -0.39 is 0 Å². The normalized spacial score (nSPS) is 14.2. The number of benzene rings is 1. The Hall–Kier alpha value is -1.06. The number of amides is 1. The Bertz CT molecular complexity index is 351. The van der Waals surface area contributed by atoms with Crippen LogP contribution >= 0.6 is 11.6 Å². The highest BCUT2D eigenvalue weighted by atomic mass is 35.5. The van der Waals surface area contributed by atoms with Crippen LogP contribution in [0.4, 0.5) is 0 Å². The predicted octanol–water partition coefficient (Wildman–Crippen LogP) is 2.13. The monoisotopic (exact) mass is 240 g/mol. The van der Waals surface area contributed by atoms with E-state index in [9.17, 15) is 4.79 Å². The van der Waals surface area contributed by atoms with Crippen molar-refractivity contribution in [3.8, 4) is 0 Å². The van der Waals surface area contributed by atoms with E-state index in [4.69, 9.17) is 11.6 Å². The van der Waals surface area contributed by atoms with E-state index in [1.807, 2.05) is 38.1 Å². The van der Waals surface area contributed by atoms with Crippen LogP contribution in [0.5, 0.6) is 0 Å². The fraction of sp³-hybridized carbons (Fsp3) is 0.417. The van der Waals surface area contributed by atoms with Gasteiger partial charge in [-0.25, -0.2) is 0 Å². The lowest BCUT2D eigenvalue weighted by molar-refractivity contribution is -0.122. The van der Waals surface area contributed by atoms with Crippen LogP contribution in [0.15, 0.2) is 24.3 Å². The Kier molecular flexibility index (Phi) is 4.77. The fourth-order valence-electron chi connectivity index (χ4n) is 1.51. The van der Waals surface area contributed by atoms with Gasteiger partial charge in [0, 0.05) is 18.1 Å². The highest BCUT2D eigenvalue weighted by Gasteiger charge is 2.14. The number of carbonyl (C=O) groups is 1. The first-order valence-electron chi connectivity index (χ1n) is 5.27. The minimum absolute atomic E-state index is 0.0131. The summed E-state index contributed by atoms with van der Waals surface area (Å²) in [5.74, 6) is -0.0131. The minimum atomic E-state index is -0.212. The van der Waals surface area contributed by atoms with Crippen molar-refractivity contribution < 1.29 is 4.79 Å². The zero-order chi connectivity index (χ0) is 12.1. The van der Waals surface area contributed by atoms with Gasteiger partial charge in [-0.2, -0.15) is 0 Å². The van der Waals surface area contributed by atoms with Crippen LogP contribution in [0.2, 0.25) is 5.02 Å². The van der Waals surface area contributed by atoms with Crippen molar-refractivity contribution in [1.29, 1.82) is 0 Å². The van der Waals surface area contributed by atoms with Gasteiger partial charge in [0.1, 0.15) is 0 Å². The molecule has 0 saturated heterocycles. The first-order valence-corrected chi connectivity index (χ1v) is 5.65. The second kappa shape index (κ2) is 5.87. The number of carbonyl (C=O) groups excluding carboxylic acids is 1. The van der Waals surface area contributed by atoms with Gasteiger partial charge in [-0.05, 0) is 31.5 Å². The topological polar surface area (TPSA) is 41.1 Å². The Morgan fingerprint density at radius 1 is 1.25 bits per heavy atom. The molecule has 0 aliphatic carbocycles. The third kappa shape index (κ3) is 3.51. The largest absolute Gasteiger partial charge is 0.358 e. The Balaban J connectivity index is 2.61. The van der Waals surface area contributed by atoms with E-state index in [1.54, 1.807) is 7.05 Å². The van der Waals surface area contributed by atoms with Gasteiger partial charge in [-0.1, -0.05) is 23.7 Å². The molecule has 2 N–H and O–H groups in total. The standard InChI is InChI=1S/C12H17ClN2O/c1-8(15-9(2)12(16)14-3)10-4-6-11(13)7-5-10/h4-9,15H,1-3H3,(H,14,16). The van der Waals surface area contributed by atoms with E-state index in [0.29, 0.717) is 0 Å². The number of likely N-dealkylation sites (N-methyl/N-ethyl adjacent to an activating group) is 1. The van der Waals surface area contributed by atoms with Crippen molar-refractivity contribution in [2.24, 2.45) is 0 Å². The second-order valence-corrected chi connectivity index (χ2v) is 4.21. The SMILES string of the molecule is CNC(=O)C(C)NC(C)c1ccc(Cl)cc1. The van der Waals surface area contributed by atoms with Gasteiger partial charge in [0.15, 0.2) is 0 Å². The van der Waals surface area contributed by atoms with E-state index in [-0.39, 0.29) is 18.0 Å². The summed E-state index contributed by atoms with van der Waals surface area (Å²) in [6.07, 6.45) is 0. The quantitative estimate of drug-likeness (QED) is 0.847. The van der Waals surface area contributed by atoms with Gasteiger partial charge >= 0.3 is 0 Å². The van der Waals surface area contributed by atoms with Gasteiger partial charge in [-0.15, -0.1) is 0 Å². The molecule has 0 radical (unpaired) electrons. The second-order valence-electron chi connectivity index (χ2n) is 3.78. The molecule has 2 unspecified atom stereocenters. The Morgan fingerprint density at radius 2 is 1.81 bits per heavy atom. The number of hydrogen-bond acceptors (Lipinski definition) is 2. The average Bonchev–Trinajstić information content (AvgIpc) is 2.28. The molecule has 0 aromatic heterocycles. The van der Waals surface area contributed by atoms with Crippen LogP contribution in [0, 0.1) is 0 Å². The molecule has 0 bridgehead atoms. The van der Waals surface area contributed by atoms with Gasteiger partial charge in [0.05, 0.1) is 6.04 Å². The summed E-state index contributed by atoms with van der Waals surface area (Å²) in [5.41, 5.74) is 1.11. The summed E-state index contributed by atoms with van der Waals surface area (Å²) in [7, 11) is 1.63. The van der Waals surface area contributed by atoms with Crippen LogP contribution in [0.1, 0.15) is 25.5 Å². The summed E-state index contributed by atoms with van der Waals surface area (Å²) in [5, 5.41) is 6.54. The molecule has 88 valence electrons. The predicted molar refractivity (Wildman–Crippen MR) is 66.5 cm³/mol. The first kappa shape index (κ1) is 13.0. The zero-order valence-corrected chi connectivity index (χ0v) is 10.5. The van der Waals surface area contributed by atoms with Crippen molar-refractivity contribution in [3.63, 3.8) is 0 Å². The lowest BCUT2D eigenvalue weighted by Crippen LogP contribution is -2.41. The highest BCUT2D eigenvalue weighted by molar-refractivity contribution is 6.30. The summed E-state index contributed by atoms with van der Waals surface area (Å²) in [6.45, 7) is 3.86. The van der Waals surface area contributed by atoms with Crippen molar-refractivity contribution in [2.75, 3.05) is 7.05 Å². The van der Waals surface area contributed by atoms with Crippen LogP contribution in [-0.2, 0) is 4.79 Å². The van der Waals surface area contributed by atoms with E-state index in [2.05, 4.69) is 10.6 Å². The smallest absolute Gasteiger partial charge is 0.236 e. The summed E-state index contributed by atoms with van der Waals surface area (Å²) < 4.78 is 0. The molecule has 4 heteroatoms. The number of nitrogens with one attached hydrogen (secondary N) is 2. The molecule has 0 fully saturated rings. The highest BCUT2D eigenvalue weighted by Crippen LogP contribution is 2.16. The molecule has 1 aromatic rings. The molecule has 0 aliphatic heterocycles. The molecule has 2 atom stereocenters. The van der Waals surface area contributed by atoms with Crippen LogP contribution in [-0.4, -0.2) is 19.0 Å². The maximum absolute atomic E-state index is 11.3. The molecule has 3 nitrogen and oxygen atoms in total.